The zero-order valence-corrected chi connectivity index (χ0v) is 19.2. The Bertz CT molecular complexity index is 1170. The number of piperidine rings is 1. The van der Waals surface area contributed by atoms with Gasteiger partial charge in [0.15, 0.2) is 11.5 Å². The lowest BCUT2D eigenvalue weighted by Crippen LogP contribution is -2.36. The average Bonchev–Trinajstić information content (AvgIpc) is 3.34. The van der Waals surface area contributed by atoms with Gasteiger partial charge in [0.2, 0.25) is 0 Å². The maximum Gasteiger partial charge on any atom is 0.275 e. The number of ether oxygens (including phenoxy) is 2. The van der Waals surface area contributed by atoms with Crippen molar-refractivity contribution in [3.05, 3.63) is 58.9 Å². The second-order valence-electron chi connectivity index (χ2n) is 7.58. The fraction of sp³-hybridized carbons (Fsp3) is 0.292. The zero-order valence-electron chi connectivity index (χ0n) is 18.4. The topological polar surface area (TPSA) is 80.8 Å². The van der Waals surface area contributed by atoms with Crippen molar-refractivity contribution >= 4 is 28.8 Å². The van der Waals surface area contributed by atoms with Crippen LogP contribution in [0.15, 0.2) is 41.8 Å². The summed E-state index contributed by atoms with van der Waals surface area (Å²) in [6, 6.07) is 9.41. The third-order valence-electron chi connectivity index (χ3n) is 5.49. The van der Waals surface area contributed by atoms with Crippen LogP contribution in [0, 0.1) is 5.82 Å². The van der Waals surface area contributed by atoms with Gasteiger partial charge < -0.3 is 19.7 Å². The molecule has 0 unspecified atom stereocenters. The Morgan fingerprint density at radius 2 is 1.76 bits per heavy atom. The summed E-state index contributed by atoms with van der Waals surface area (Å²) in [7, 11) is 2.97. The first-order valence-electron chi connectivity index (χ1n) is 10.6. The van der Waals surface area contributed by atoms with E-state index in [9.17, 15) is 14.0 Å². The number of anilines is 1. The predicted molar refractivity (Wildman–Crippen MR) is 125 cm³/mol. The molecule has 1 aliphatic rings. The number of likely N-dealkylation sites (tertiary alicyclic amines) is 1. The van der Waals surface area contributed by atoms with Crippen molar-refractivity contribution in [1.82, 2.24) is 9.88 Å². The van der Waals surface area contributed by atoms with Crippen molar-refractivity contribution in [3.63, 3.8) is 0 Å². The molecule has 1 aromatic heterocycles. The van der Waals surface area contributed by atoms with Crippen molar-refractivity contribution in [1.29, 1.82) is 0 Å². The van der Waals surface area contributed by atoms with Crippen LogP contribution in [-0.2, 0) is 0 Å². The van der Waals surface area contributed by atoms with E-state index in [1.165, 1.54) is 31.6 Å². The first-order valence-corrected chi connectivity index (χ1v) is 11.5. The summed E-state index contributed by atoms with van der Waals surface area (Å²) in [5, 5.41) is 4.74. The van der Waals surface area contributed by atoms with E-state index in [2.05, 4.69) is 10.3 Å². The summed E-state index contributed by atoms with van der Waals surface area (Å²) < 4.78 is 24.8. The van der Waals surface area contributed by atoms with Gasteiger partial charge in [0, 0.05) is 30.1 Å². The van der Waals surface area contributed by atoms with Crippen LogP contribution in [0.4, 0.5) is 10.1 Å². The molecule has 33 heavy (non-hydrogen) atoms. The van der Waals surface area contributed by atoms with Gasteiger partial charge in [-0.1, -0.05) is 12.1 Å². The molecule has 0 saturated carbocycles. The minimum absolute atomic E-state index is 0.129. The summed E-state index contributed by atoms with van der Waals surface area (Å²) >= 11 is 1.17. The number of amides is 2. The van der Waals surface area contributed by atoms with E-state index in [0.29, 0.717) is 46.4 Å². The number of nitrogens with one attached hydrogen (secondary N) is 1. The molecular weight excluding hydrogens is 445 g/mol. The fourth-order valence-corrected chi connectivity index (χ4v) is 4.58. The van der Waals surface area contributed by atoms with E-state index >= 15 is 0 Å². The van der Waals surface area contributed by atoms with E-state index < -0.39 is 11.7 Å². The summed E-state index contributed by atoms with van der Waals surface area (Å²) in [6.45, 7) is 1.33. The normalized spacial score (nSPS) is 13.5. The number of nitrogens with zero attached hydrogens (tertiary/aromatic N) is 2. The lowest BCUT2D eigenvalue weighted by atomic mass is 10.1. The molecule has 0 aliphatic carbocycles. The zero-order chi connectivity index (χ0) is 23.4. The smallest absolute Gasteiger partial charge is 0.275 e. The van der Waals surface area contributed by atoms with Crippen molar-refractivity contribution in [2.24, 2.45) is 0 Å². The van der Waals surface area contributed by atoms with Gasteiger partial charge in [-0.2, -0.15) is 0 Å². The van der Waals surface area contributed by atoms with Crippen molar-refractivity contribution < 1.29 is 23.5 Å². The Balaban J connectivity index is 1.64. The molecular formula is C24H24FN3O4S. The van der Waals surface area contributed by atoms with Crippen LogP contribution in [0.1, 0.15) is 40.1 Å². The maximum atomic E-state index is 14.1. The lowest BCUT2D eigenvalue weighted by molar-refractivity contribution is 0.0725. The van der Waals surface area contributed by atoms with Crippen LogP contribution in [0.2, 0.25) is 0 Å². The van der Waals surface area contributed by atoms with Crippen LogP contribution in [0.5, 0.6) is 11.5 Å². The number of hydrogen-bond acceptors (Lipinski definition) is 6. The first-order chi connectivity index (χ1) is 16.0. The van der Waals surface area contributed by atoms with E-state index in [-0.39, 0.29) is 11.6 Å². The molecule has 1 aliphatic heterocycles. The number of halogens is 1. The van der Waals surface area contributed by atoms with Gasteiger partial charge >= 0.3 is 0 Å². The molecule has 0 bridgehead atoms. The molecule has 1 saturated heterocycles. The second-order valence-corrected chi connectivity index (χ2v) is 8.44. The van der Waals surface area contributed by atoms with Crippen LogP contribution < -0.4 is 14.8 Å². The molecule has 2 amide bonds. The molecule has 4 rings (SSSR count). The number of hydrogen-bond donors (Lipinski definition) is 1. The van der Waals surface area contributed by atoms with E-state index in [1.54, 1.807) is 40.6 Å². The standard InChI is InChI=1S/C24H24FN3O4S/c1-31-20-12-16(24(30)28-10-6-3-7-11-28)18(13-21(20)32-2)26-22(29)19-14-33-23(27-19)15-8-4-5-9-17(15)25/h4-5,8-9,12-14H,3,6-7,10-11H2,1-2H3,(H,26,29). The number of methoxy groups -OCH3 is 2. The van der Waals surface area contributed by atoms with Gasteiger partial charge in [-0.15, -0.1) is 11.3 Å². The minimum atomic E-state index is -0.506. The molecule has 172 valence electrons. The van der Waals surface area contributed by atoms with Gasteiger partial charge in [-0.25, -0.2) is 9.37 Å². The Morgan fingerprint density at radius 3 is 2.45 bits per heavy atom. The number of thiazole rings is 1. The van der Waals surface area contributed by atoms with Crippen LogP contribution in [-0.4, -0.2) is 49.0 Å². The van der Waals surface area contributed by atoms with Crippen LogP contribution in [0.25, 0.3) is 10.6 Å². The highest BCUT2D eigenvalue weighted by Crippen LogP contribution is 2.35. The Kier molecular flexibility index (Phi) is 6.88. The predicted octanol–water partition coefficient (Wildman–Crippen LogP) is 4.84. The number of aromatic nitrogens is 1. The second kappa shape index (κ2) is 9.99. The van der Waals surface area contributed by atoms with E-state index in [0.717, 1.165) is 19.3 Å². The van der Waals surface area contributed by atoms with Gasteiger partial charge in [-0.05, 0) is 37.5 Å². The van der Waals surface area contributed by atoms with Gasteiger partial charge in [0.1, 0.15) is 16.5 Å². The fourth-order valence-electron chi connectivity index (χ4n) is 3.75. The number of benzene rings is 2. The molecule has 0 radical (unpaired) electrons. The van der Waals surface area contributed by atoms with Gasteiger partial charge in [-0.3, -0.25) is 9.59 Å². The molecule has 1 N–H and O–H groups in total. The molecule has 0 atom stereocenters. The van der Waals surface area contributed by atoms with Crippen LogP contribution >= 0.6 is 11.3 Å². The minimum Gasteiger partial charge on any atom is -0.493 e. The molecule has 9 heteroatoms. The van der Waals surface area contributed by atoms with Gasteiger partial charge in [0.25, 0.3) is 11.8 Å². The Hall–Kier alpha value is -3.46. The summed E-state index contributed by atoms with van der Waals surface area (Å²) in [4.78, 5) is 32.3. The lowest BCUT2D eigenvalue weighted by Gasteiger charge is -2.28. The highest BCUT2D eigenvalue weighted by Gasteiger charge is 2.25. The van der Waals surface area contributed by atoms with Crippen molar-refractivity contribution in [2.45, 2.75) is 19.3 Å². The van der Waals surface area contributed by atoms with Crippen LogP contribution in [0.3, 0.4) is 0 Å². The average molecular weight is 470 g/mol. The number of carbonyl (C=O) groups is 2. The maximum absolute atomic E-state index is 14.1. The molecule has 7 nitrogen and oxygen atoms in total. The third kappa shape index (κ3) is 4.83. The first kappa shape index (κ1) is 22.7. The Morgan fingerprint density at radius 1 is 1.06 bits per heavy atom. The molecule has 2 aromatic carbocycles. The summed E-state index contributed by atoms with van der Waals surface area (Å²) in [5.74, 6) is -0.321. The Labute approximate surface area is 195 Å². The largest absolute Gasteiger partial charge is 0.493 e. The van der Waals surface area contributed by atoms with Crippen molar-refractivity contribution in [2.75, 3.05) is 32.6 Å². The molecule has 0 spiro atoms. The quantitative estimate of drug-likeness (QED) is 0.559. The molecule has 1 fully saturated rings. The highest BCUT2D eigenvalue weighted by molar-refractivity contribution is 7.13. The highest BCUT2D eigenvalue weighted by atomic mass is 32.1. The van der Waals surface area contributed by atoms with E-state index in [1.807, 2.05) is 0 Å². The van der Waals surface area contributed by atoms with E-state index in [4.69, 9.17) is 9.47 Å². The number of rotatable bonds is 6. The third-order valence-corrected chi connectivity index (χ3v) is 6.36. The summed E-state index contributed by atoms with van der Waals surface area (Å²) in [5.41, 5.74) is 1.07. The molecule has 2 heterocycles. The van der Waals surface area contributed by atoms with Gasteiger partial charge in [0.05, 0.1) is 25.5 Å². The number of carbonyl (C=O) groups excluding carboxylic acids is 2. The monoisotopic (exact) mass is 469 g/mol. The summed E-state index contributed by atoms with van der Waals surface area (Å²) in [6.07, 6.45) is 2.98. The SMILES string of the molecule is COc1cc(NC(=O)c2csc(-c3ccccc3F)n2)c(C(=O)N2CCCCC2)cc1OC. The molecule has 3 aromatic rings. The van der Waals surface area contributed by atoms with Crippen molar-refractivity contribution in [3.8, 4) is 22.1 Å².